The molecular weight excluding hydrogens is 150 g/mol. The summed E-state index contributed by atoms with van der Waals surface area (Å²) in [5.41, 5.74) is -0.124. The zero-order chi connectivity index (χ0) is 9.41. The summed E-state index contributed by atoms with van der Waals surface area (Å²) in [5.74, 6) is 0. The molecular formula is C10H19NO. The summed E-state index contributed by atoms with van der Waals surface area (Å²) >= 11 is 0. The lowest BCUT2D eigenvalue weighted by Crippen LogP contribution is -2.37. The zero-order valence-corrected chi connectivity index (χ0v) is 8.72. The highest BCUT2D eigenvalue weighted by atomic mass is 16.5. The highest BCUT2D eigenvalue weighted by Crippen LogP contribution is 2.33. The molecule has 2 nitrogen and oxygen atoms in total. The third kappa shape index (κ3) is 2.95. The van der Waals surface area contributed by atoms with E-state index in [1.807, 2.05) is 0 Å². The number of hydrogen-bond acceptors (Lipinski definition) is 2. The third-order valence-corrected chi connectivity index (χ3v) is 1.60. The molecule has 0 saturated heterocycles. The van der Waals surface area contributed by atoms with Gasteiger partial charge in [0.1, 0.15) is 5.60 Å². The molecule has 0 radical (unpaired) electrons. The maximum absolute atomic E-state index is 5.89. The summed E-state index contributed by atoms with van der Waals surface area (Å²) in [6, 6.07) is 0. The van der Waals surface area contributed by atoms with Crippen molar-refractivity contribution in [3.8, 4) is 0 Å². The van der Waals surface area contributed by atoms with Crippen molar-refractivity contribution in [3.05, 3.63) is 12.2 Å². The van der Waals surface area contributed by atoms with Crippen molar-refractivity contribution < 1.29 is 4.74 Å². The molecule has 12 heavy (non-hydrogen) atoms. The van der Waals surface area contributed by atoms with Crippen molar-refractivity contribution >= 4 is 0 Å². The summed E-state index contributed by atoms with van der Waals surface area (Å²) < 4.78 is 5.89. The van der Waals surface area contributed by atoms with E-state index in [-0.39, 0.29) is 11.2 Å². The Morgan fingerprint density at radius 1 is 1.25 bits per heavy atom. The minimum atomic E-state index is -0.0677. The first kappa shape index (κ1) is 9.75. The van der Waals surface area contributed by atoms with Crippen LogP contribution in [0.4, 0.5) is 0 Å². The van der Waals surface area contributed by atoms with Gasteiger partial charge in [-0.3, -0.25) is 0 Å². The Balaban J connectivity index is 2.40. The molecule has 0 heterocycles. The van der Waals surface area contributed by atoms with E-state index in [0.717, 1.165) is 6.54 Å². The molecule has 0 aromatic carbocycles. The molecule has 1 aliphatic carbocycles. The van der Waals surface area contributed by atoms with Gasteiger partial charge in [-0.05, 0) is 47.0 Å². The van der Waals surface area contributed by atoms with Gasteiger partial charge in [-0.15, -0.1) is 0 Å². The molecule has 0 N–H and O–H groups in total. The van der Waals surface area contributed by atoms with Crippen molar-refractivity contribution in [1.29, 1.82) is 0 Å². The van der Waals surface area contributed by atoms with Crippen molar-refractivity contribution in [2.45, 2.75) is 32.0 Å². The number of nitrogens with zero attached hydrogens (tertiary/aromatic N) is 1. The van der Waals surface area contributed by atoms with Crippen molar-refractivity contribution in [2.24, 2.45) is 0 Å². The third-order valence-electron chi connectivity index (χ3n) is 1.60. The molecule has 0 amide bonds. The molecule has 0 spiro atoms. The highest BCUT2D eigenvalue weighted by Gasteiger charge is 2.39. The summed E-state index contributed by atoms with van der Waals surface area (Å²) in [7, 11) is 4.13. The average molecular weight is 169 g/mol. The van der Waals surface area contributed by atoms with Crippen molar-refractivity contribution in [2.75, 3.05) is 20.6 Å². The molecule has 0 unspecified atom stereocenters. The van der Waals surface area contributed by atoms with Gasteiger partial charge in [0.2, 0.25) is 0 Å². The minimum Gasteiger partial charge on any atom is -0.360 e. The van der Waals surface area contributed by atoms with Gasteiger partial charge in [0, 0.05) is 6.54 Å². The van der Waals surface area contributed by atoms with Crippen LogP contribution in [-0.4, -0.2) is 36.7 Å². The van der Waals surface area contributed by atoms with Gasteiger partial charge in [-0.2, -0.15) is 0 Å². The first-order valence-electron chi connectivity index (χ1n) is 4.38. The number of ether oxygens (including phenoxy) is 1. The summed E-state index contributed by atoms with van der Waals surface area (Å²) in [6.45, 7) is 7.21. The van der Waals surface area contributed by atoms with Crippen LogP contribution in [0.25, 0.3) is 0 Å². The van der Waals surface area contributed by atoms with E-state index in [0.29, 0.717) is 0 Å². The van der Waals surface area contributed by atoms with E-state index in [1.54, 1.807) is 0 Å². The Kier molecular flexibility index (Phi) is 2.32. The number of likely N-dealkylation sites (N-methyl/N-ethyl adjacent to an activating group) is 1. The second kappa shape index (κ2) is 2.86. The van der Waals surface area contributed by atoms with Crippen LogP contribution < -0.4 is 0 Å². The van der Waals surface area contributed by atoms with Crippen LogP contribution in [0.1, 0.15) is 20.8 Å². The summed E-state index contributed by atoms with van der Waals surface area (Å²) in [4.78, 5) is 2.14. The first-order valence-corrected chi connectivity index (χ1v) is 4.38. The molecule has 2 heteroatoms. The lowest BCUT2D eigenvalue weighted by Gasteiger charge is -2.29. The largest absolute Gasteiger partial charge is 0.360 e. The Morgan fingerprint density at radius 2 is 1.75 bits per heavy atom. The van der Waals surface area contributed by atoms with Gasteiger partial charge in [-0.25, -0.2) is 0 Å². The van der Waals surface area contributed by atoms with Crippen LogP contribution in [0.5, 0.6) is 0 Å². The number of rotatable bonds is 3. The molecule has 0 aromatic rings. The molecule has 70 valence electrons. The fraction of sp³-hybridized carbons (Fsp3) is 0.800. The van der Waals surface area contributed by atoms with Gasteiger partial charge in [-0.1, -0.05) is 0 Å². The zero-order valence-electron chi connectivity index (χ0n) is 8.72. The van der Waals surface area contributed by atoms with Gasteiger partial charge >= 0.3 is 0 Å². The average Bonchev–Trinajstić information content (AvgIpc) is 2.40. The van der Waals surface area contributed by atoms with E-state index in [9.17, 15) is 0 Å². The summed E-state index contributed by atoms with van der Waals surface area (Å²) in [6.07, 6.45) is 4.25. The monoisotopic (exact) mass is 169 g/mol. The van der Waals surface area contributed by atoms with Gasteiger partial charge < -0.3 is 9.64 Å². The standard InChI is InChI=1S/C10H19NO/c1-9(2,3)12-10(6-7-10)8-11(4)5/h6-7H,8H2,1-5H3. The highest BCUT2D eigenvalue weighted by molar-refractivity contribution is 5.31. The van der Waals surface area contributed by atoms with Gasteiger partial charge in [0.05, 0.1) is 5.60 Å². The Morgan fingerprint density at radius 3 is 2.00 bits per heavy atom. The van der Waals surface area contributed by atoms with Gasteiger partial charge in [0.25, 0.3) is 0 Å². The smallest absolute Gasteiger partial charge is 0.118 e. The molecule has 0 bridgehead atoms. The van der Waals surface area contributed by atoms with Gasteiger partial charge in [0.15, 0.2) is 0 Å². The normalized spacial score (nSPS) is 20.2. The van der Waals surface area contributed by atoms with E-state index in [2.05, 4.69) is 51.9 Å². The molecule has 1 rings (SSSR count). The molecule has 0 saturated carbocycles. The van der Waals surface area contributed by atoms with E-state index in [1.165, 1.54) is 0 Å². The van der Waals surface area contributed by atoms with Crippen LogP contribution in [0.2, 0.25) is 0 Å². The second-order valence-electron chi connectivity index (χ2n) is 4.74. The SMILES string of the molecule is CN(C)CC1(OC(C)(C)C)C=C1. The molecule has 0 aliphatic heterocycles. The van der Waals surface area contributed by atoms with Crippen LogP contribution in [0.3, 0.4) is 0 Å². The van der Waals surface area contributed by atoms with E-state index in [4.69, 9.17) is 4.74 Å². The molecule has 0 atom stereocenters. The lowest BCUT2D eigenvalue weighted by molar-refractivity contribution is -0.0697. The van der Waals surface area contributed by atoms with E-state index >= 15 is 0 Å². The Hall–Kier alpha value is -0.340. The summed E-state index contributed by atoms with van der Waals surface area (Å²) in [5, 5.41) is 0. The molecule has 0 aromatic heterocycles. The molecule has 1 aliphatic rings. The Bertz CT molecular complexity index is 183. The Labute approximate surface area is 75.2 Å². The number of hydrogen-bond donors (Lipinski definition) is 0. The maximum atomic E-state index is 5.89. The maximum Gasteiger partial charge on any atom is 0.118 e. The fourth-order valence-electron chi connectivity index (χ4n) is 1.36. The van der Waals surface area contributed by atoms with Crippen LogP contribution in [-0.2, 0) is 4.74 Å². The minimum absolute atomic E-state index is 0.0560. The van der Waals surface area contributed by atoms with Crippen molar-refractivity contribution in [1.82, 2.24) is 4.90 Å². The predicted octanol–water partition coefficient (Wildman–Crippen LogP) is 1.67. The first-order chi connectivity index (χ1) is 5.33. The topological polar surface area (TPSA) is 12.5 Å². The van der Waals surface area contributed by atoms with Crippen LogP contribution >= 0.6 is 0 Å². The van der Waals surface area contributed by atoms with E-state index < -0.39 is 0 Å². The quantitative estimate of drug-likeness (QED) is 0.596. The second-order valence-corrected chi connectivity index (χ2v) is 4.74. The molecule has 0 fully saturated rings. The predicted molar refractivity (Wildman–Crippen MR) is 51.3 cm³/mol. The van der Waals surface area contributed by atoms with Crippen LogP contribution in [0, 0.1) is 0 Å². The lowest BCUT2D eigenvalue weighted by atomic mass is 10.1. The van der Waals surface area contributed by atoms with Crippen LogP contribution in [0.15, 0.2) is 12.2 Å². The fourth-order valence-corrected chi connectivity index (χ4v) is 1.36. The van der Waals surface area contributed by atoms with Crippen molar-refractivity contribution in [3.63, 3.8) is 0 Å².